The minimum atomic E-state index is -1.08. The van der Waals surface area contributed by atoms with Gasteiger partial charge in [0.15, 0.2) is 5.75 Å². The Morgan fingerprint density at radius 3 is 2.71 bits per heavy atom. The first-order chi connectivity index (χ1) is 9.97. The van der Waals surface area contributed by atoms with Crippen LogP contribution >= 0.6 is 15.9 Å². The third-order valence-electron chi connectivity index (χ3n) is 2.48. The number of benzene rings is 1. The Morgan fingerprint density at radius 2 is 2.05 bits per heavy atom. The highest BCUT2D eigenvalue weighted by Gasteiger charge is 2.16. The first-order valence-electron chi connectivity index (χ1n) is 6.29. The van der Waals surface area contributed by atoms with E-state index in [0.717, 1.165) is 0 Å². The summed E-state index contributed by atoms with van der Waals surface area (Å²) in [6.45, 7) is 3.78. The number of hydrogen-bond donors (Lipinski definition) is 1. The van der Waals surface area contributed by atoms with E-state index >= 15 is 0 Å². The van der Waals surface area contributed by atoms with Crippen molar-refractivity contribution in [2.45, 2.75) is 20.0 Å². The average Bonchev–Trinajstić information content (AvgIpc) is 2.42. The Kier molecular flexibility index (Phi) is 4.80. The second-order valence-corrected chi connectivity index (χ2v) is 5.44. The number of nitrogens with zero attached hydrogens (tertiary/aromatic N) is 1. The zero-order chi connectivity index (χ0) is 15.4. The molecule has 2 rings (SSSR count). The maximum atomic E-state index is 11.3. The smallest absolute Gasteiger partial charge is 0.339 e. The van der Waals surface area contributed by atoms with Crippen molar-refractivity contribution in [2.24, 2.45) is 0 Å². The van der Waals surface area contributed by atoms with Gasteiger partial charge in [-0.15, -0.1) is 0 Å². The average molecular weight is 352 g/mol. The van der Waals surface area contributed by atoms with Crippen LogP contribution in [0.15, 0.2) is 41.0 Å². The van der Waals surface area contributed by atoms with Crippen molar-refractivity contribution >= 4 is 21.9 Å². The van der Waals surface area contributed by atoms with E-state index in [0.29, 0.717) is 10.2 Å². The normalized spacial score (nSPS) is 10.5. The standard InChI is InChI=1S/C15H14BrNO4/c1-9(2)20-13-4-3-7-17-14(13)21-12-6-5-10(16)8-11(12)15(18)19/h3-9H,1-2H3,(H,18,19). The largest absolute Gasteiger partial charge is 0.485 e. The molecule has 0 spiro atoms. The van der Waals surface area contributed by atoms with Crippen molar-refractivity contribution < 1.29 is 19.4 Å². The molecule has 1 aromatic heterocycles. The molecule has 1 N–H and O–H groups in total. The summed E-state index contributed by atoms with van der Waals surface area (Å²) in [5.74, 6) is -0.172. The predicted octanol–water partition coefficient (Wildman–Crippen LogP) is 4.12. The van der Waals surface area contributed by atoms with Crippen LogP contribution in [0, 0.1) is 0 Å². The molecule has 0 bridgehead atoms. The Hall–Kier alpha value is -2.08. The number of aromatic carboxylic acids is 1. The fraction of sp³-hybridized carbons (Fsp3) is 0.200. The molecule has 0 aliphatic carbocycles. The quantitative estimate of drug-likeness (QED) is 0.877. The molecule has 1 heterocycles. The van der Waals surface area contributed by atoms with Crippen molar-refractivity contribution in [3.05, 3.63) is 46.6 Å². The zero-order valence-corrected chi connectivity index (χ0v) is 13.1. The minimum absolute atomic E-state index is 0.0413. The molecule has 0 aliphatic rings. The molecule has 1 aromatic carbocycles. The van der Waals surface area contributed by atoms with Gasteiger partial charge in [-0.25, -0.2) is 9.78 Å². The highest BCUT2D eigenvalue weighted by atomic mass is 79.9. The minimum Gasteiger partial charge on any atom is -0.485 e. The van der Waals surface area contributed by atoms with Gasteiger partial charge in [-0.3, -0.25) is 0 Å². The first-order valence-corrected chi connectivity index (χ1v) is 7.09. The maximum absolute atomic E-state index is 11.3. The van der Waals surface area contributed by atoms with Crippen molar-refractivity contribution in [3.63, 3.8) is 0 Å². The van der Waals surface area contributed by atoms with Gasteiger partial charge in [0.25, 0.3) is 5.88 Å². The van der Waals surface area contributed by atoms with Gasteiger partial charge in [-0.2, -0.15) is 0 Å². The van der Waals surface area contributed by atoms with Crippen molar-refractivity contribution in [3.8, 4) is 17.4 Å². The van der Waals surface area contributed by atoms with Crippen LogP contribution in [0.25, 0.3) is 0 Å². The van der Waals surface area contributed by atoms with Gasteiger partial charge < -0.3 is 14.6 Å². The number of carbonyl (C=O) groups is 1. The molecule has 6 heteroatoms. The van der Waals surface area contributed by atoms with E-state index in [2.05, 4.69) is 20.9 Å². The lowest BCUT2D eigenvalue weighted by Gasteiger charge is -2.14. The summed E-state index contributed by atoms with van der Waals surface area (Å²) in [5, 5.41) is 9.23. The molecule has 5 nitrogen and oxygen atoms in total. The molecule has 0 atom stereocenters. The Labute approximate surface area is 130 Å². The predicted molar refractivity (Wildman–Crippen MR) is 81.2 cm³/mol. The van der Waals surface area contributed by atoms with E-state index in [1.54, 1.807) is 30.5 Å². The molecule has 0 saturated heterocycles. The van der Waals surface area contributed by atoms with Crippen LogP contribution in [0.3, 0.4) is 0 Å². The number of pyridine rings is 1. The number of halogens is 1. The summed E-state index contributed by atoms with van der Waals surface area (Å²) >= 11 is 3.24. The van der Waals surface area contributed by atoms with E-state index in [4.69, 9.17) is 9.47 Å². The third-order valence-corrected chi connectivity index (χ3v) is 2.97. The van der Waals surface area contributed by atoms with Gasteiger partial charge in [-0.1, -0.05) is 15.9 Å². The maximum Gasteiger partial charge on any atom is 0.339 e. The summed E-state index contributed by atoms with van der Waals surface area (Å²) in [4.78, 5) is 15.4. The van der Waals surface area contributed by atoms with Gasteiger partial charge in [0, 0.05) is 10.7 Å². The molecule has 0 unspecified atom stereocenters. The van der Waals surface area contributed by atoms with Gasteiger partial charge in [-0.05, 0) is 44.2 Å². The van der Waals surface area contributed by atoms with Gasteiger partial charge in [0.05, 0.1) is 6.10 Å². The lowest BCUT2D eigenvalue weighted by molar-refractivity contribution is 0.0693. The molecule has 110 valence electrons. The van der Waals surface area contributed by atoms with Crippen LogP contribution in [-0.4, -0.2) is 22.2 Å². The number of carboxylic acids is 1. The highest BCUT2D eigenvalue weighted by Crippen LogP contribution is 2.32. The van der Waals surface area contributed by atoms with Gasteiger partial charge in [0.1, 0.15) is 11.3 Å². The zero-order valence-electron chi connectivity index (χ0n) is 11.5. The molecule has 0 radical (unpaired) electrons. The van der Waals surface area contributed by atoms with E-state index in [1.165, 1.54) is 6.07 Å². The van der Waals surface area contributed by atoms with Crippen molar-refractivity contribution in [2.75, 3.05) is 0 Å². The monoisotopic (exact) mass is 351 g/mol. The second kappa shape index (κ2) is 6.58. The fourth-order valence-corrected chi connectivity index (χ4v) is 2.02. The molecule has 2 aromatic rings. The van der Waals surface area contributed by atoms with Gasteiger partial charge >= 0.3 is 5.97 Å². The summed E-state index contributed by atoms with van der Waals surface area (Å²) in [7, 11) is 0. The van der Waals surface area contributed by atoms with Crippen LogP contribution in [0.5, 0.6) is 17.4 Å². The van der Waals surface area contributed by atoms with E-state index in [-0.39, 0.29) is 23.3 Å². The lowest BCUT2D eigenvalue weighted by atomic mass is 10.2. The third kappa shape index (κ3) is 3.95. The van der Waals surface area contributed by atoms with Crippen LogP contribution < -0.4 is 9.47 Å². The summed E-state index contributed by atoms with van der Waals surface area (Å²) < 4.78 is 11.9. The van der Waals surface area contributed by atoms with Crippen molar-refractivity contribution in [1.29, 1.82) is 0 Å². The summed E-state index contributed by atoms with van der Waals surface area (Å²) in [6.07, 6.45) is 1.52. The van der Waals surface area contributed by atoms with Gasteiger partial charge in [0.2, 0.25) is 0 Å². The number of aromatic nitrogens is 1. The van der Waals surface area contributed by atoms with E-state index in [1.807, 2.05) is 13.8 Å². The van der Waals surface area contributed by atoms with Crippen molar-refractivity contribution in [1.82, 2.24) is 4.98 Å². The van der Waals surface area contributed by atoms with Crippen LogP contribution in [0.1, 0.15) is 24.2 Å². The molecule has 0 amide bonds. The van der Waals surface area contributed by atoms with E-state index < -0.39 is 5.97 Å². The molecular weight excluding hydrogens is 338 g/mol. The molecule has 0 saturated carbocycles. The summed E-state index contributed by atoms with van der Waals surface area (Å²) in [5.41, 5.74) is 0.0468. The van der Waals surface area contributed by atoms with Crippen LogP contribution in [0.4, 0.5) is 0 Å². The Bertz CT molecular complexity index is 658. The first kappa shape index (κ1) is 15.3. The molecule has 21 heavy (non-hydrogen) atoms. The SMILES string of the molecule is CC(C)Oc1cccnc1Oc1ccc(Br)cc1C(=O)O. The second-order valence-electron chi connectivity index (χ2n) is 4.52. The molecule has 0 aliphatic heterocycles. The van der Waals surface area contributed by atoms with Crippen LogP contribution in [0.2, 0.25) is 0 Å². The fourth-order valence-electron chi connectivity index (χ4n) is 1.66. The highest BCUT2D eigenvalue weighted by molar-refractivity contribution is 9.10. The summed E-state index contributed by atoms with van der Waals surface area (Å²) in [6, 6.07) is 8.20. The lowest BCUT2D eigenvalue weighted by Crippen LogP contribution is -2.07. The number of carboxylic acid groups (broad SMARTS) is 1. The topological polar surface area (TPSA) is 68.7 Å². The van der Waals surface area contributed by atoms with Crippen LogP contribution in [-0.2, 0) is 0 Å². The Balaban J connectivity index is 2.37. The molecule has 0 fully saturated rings. The molecular formula is C15H14BrNO4. The Morgan fingerprint density at radius 1 is 1.29 bits per heavy atom. The number of ether oxygens (including phenoxy) is 2. The number of rotatable bonds is 5. The number of hydrogen-bond acceptors (Lipinski definition) is 4. The van der Waals surface area contributed by atoms with E-state index in [9.17, 15) is 9.90 Å².